The van der Waals surface area contributed by atoms with Crippen molar-refractivity contribution in [2.24, 2.45) is 4.99 Å². The van der Waals surface area contributed by atoms with Crippen molar-refractivity contribution in [2.45, 2.75) is 13.5 Å². The van der Waals surface area contributed by atoms with Gasteiger partial charge in [0.15, 0.2) is 11.8 Å². The van der Waals surface area contributed by atoms with E-state index in [1.54, 1.807) is 7.11 Å². The number of aromatic amines is 1. The van der Waals surface area contributed by atoms with Crippen molar-refractivity contribution >= 4 is 35.6 Å². The van der Waals surface area contributed by atoms with Crippen LogP contribution < -0.4 is 15.0 Å². The third-order valence-corrected chi connectivity index (χ3v) is 5.37. The second kappa shape index (κ2) is 11.7. The molecule has 1 aliphatic rings. The zero-order chi connectivity index (χ0) is 21.5. The molecule has 8 nitrogen and oxygen atoms in total. The molecule has 1 saturated heterocycles. The normalized spacial score (nSPS) is 14.1. The Morgan fingerprint density at radius 3 is 2.66 bits per heavy atom. The molecule has 170 valence electrons. The minimum atomic E-state index is 0. The number of nitrogens with one attached hydrogen (secondary N) is 2. The summed E-state index contributed by atoms with van der Waals surface area (Å²) < 4.78 is 5.53. The Morgan fingerprint density at radius 1 is 1.12 bits per heavy atom. The highest BCUT2D eigenvalue weighted by Crippen LogP contribution is 2.28. The van der Waals surface area contributed by atoms with Crippen LogP contribution in [0.2, 0.25) is 0 Å². The monoisotopic (exact) mass is 547 g/mol. The lowest BCUT2D eigenvalue weighted by molar-refractivity contribution is 0.367. The predicted molar refractivity (Wildman–Crippen MR) is 139 cm³/mol. The van der Waals surface area contributed by atoms with Crippen molar-refractivity contribution in [3.63, 3.8) is 0 Å². The number of piperazine rings is 1. The minimum Gasteiger partial charge on any atom is -0.495 e. The van der Waals surface area contributed by atoms with Gasteiger partial charge in [-0.2, -0.15) is 5.10 Å². The smallest absolute Gasteiger partial charge is 0.194 e. The van der Waals surface area contributed by atoms with Crippen LogP contribution in [0, 0.1) is 0 Å². The summed E-state index contributed by atoms with van der Waals surface area (Å²) in [6.07, 6.45) is 1.52. The largest absolute Gasteiger partial charge is 0.495 e. The quantitative estimate of drug-likeness (QED) is 0.280. The van der Waals surface area contributed by atoms with Crippen molar-refractivity contribution in [3.05, 3.63) is 60.4 Å². The zero-order valence-electron chi connectivity index (χ0n) is 18.5. The Balaban J connectivity index is 0.00000289. The van der Waals surface area contributed by atoms with E-state index >= 15 is 0 Å². The lowest BCUT2D eigenvalue weighted by Gasteiger charge is -2.38. The Morgan fingerprint density at radius 2 is 1.94 bits per heavy atom. The number of H-pyrrole nitrogens is 1. The molecule has 0 unspecified atom stereocenters. The molecule has 4 rings (SSSR count). The number of aliphatic imine (C=N–C) groups is 1. The van der Waals surface area contributed by atoms with Gasteiger partial charge in [-0.05, 0) is 30.7 Å². The maximum absolute atomic E-state index is 5.53. The number of aromatic nitrogens is 3. The molecule has 0 atom stereocenters. The number of rotatable bonds is 6. The SMILES string of the molecule is CCNC(=NCc1cccc(-c2ncn[nH]2)c1)N1CCN(c2ccccc2OC)CC1.I. The van der Waals surface area contributed by atoms with E-state index in [1.165, 1.54) is 6.33 Å². The van der Waals surface area contributed by atoms with E-state index in [1.807, 2.05) is 24.3 Å². The van der Waals surface area contributed by atoms with Crippen LogP contribution in [0.25, 0.3) is 11.4 Å². The van der Waals surface area contributed by atoms with E-state index in [4.69, 9.17) is 9.73 Å². The van der Waals surface area contributed by atoms with E-state index in [-0.39, 0.29) is 24.0 Å². The molecule has 1 fully saturated rings. The van der Waals surface area contributed by atoms with Gasteiger partial charge in [0.25, 0.3) is 0 Å². The van der Waals surface area contributed by atoms with E-state index in [9.17, 15) is 0 Å². The van der Waals surface area contributed by atoms with Gasteiger partial charge in [-0.3, -0.25) is 5.10 Å². The molecule has 2 N–H and O–H groups in total. The van der Waals surface area contributed by atoms with Gasteiger partial charge in [-0.1, -0.05) is 30.3 Å². The number of para-hydroxylation sites is 2. The Labute approximate surface area is 206 Å². The molecule has 1 aromatic heterocycles. The number of ether oxygens (including phenoxy) is 1. The third-order valence-electron chi connectivity index (χ3n) is 5.37. The van der Waals surface area contributed by atoms with Crippen molar-refractivity contribution < 1.29 is 4.74 Å². The summed E-state index contributed by atoms with van der Waals surface area (Å²) in [4.78, 5) is 13.8. The molecule has 0 saturated carbocycles. The fraction of sp³-hybridized carbons (Fsp3) is 0.348. The number of hydrogen-bond donors (Lipinski definition) is 2. The summed E-state index contributed by atoms with van der Waals surface area (Å²) in [5, 5.41) is 10.3. The molecule has 9 heteroatoms. The molecule has 0 radical (unpaired) electrons. The number of nitrogens with zero attached hydrogens (tertiary/aromatic N) is 5. The van der Waals surface area contributed by atoms with Crippen molar-refractivity contribution in [3.8, 4) is 17.1 Å². The second-order valence-corrected chi connectivity index (χ2v) is 7.35. The first-order chi connectivity index (χ1) is 15.3. The zero-order valence-corrected chi connectivity index (χ0v) is 20.8. The van der Waals surface area contributed by atoms with Gasteiger partial charge in [0, 0.05) is 38.3 Å². The van der Waals surface area contributed by atoms with Crippen LogP contribution in [-0.2, 0) is 6.54 Å². The van der Waals surface area contributed by atoms with Crippen LogP contribution in [0.3, 0.4) is 0 Å². The Bertz CT molecular complexity index is 1000. The first kappa shape index (κ1) is 23.8. The molecule has 0 aliphatic carbocycles. The van der Waals surface area contributed by atoms with Crippen molar-refractivity contribution in [1.82, 2.24) is 25.4 Å². The van der Waals surface area contributed by atoms with E-state index in [0.29, 0.717) is 6.54 Å². The number of methoxy groups -OCH3 is 1. The van der Waals surface area contributed by atoms with Crippen LogP contribution in [-0.4, -0.2) is 65.9 Å². The summed E-state index contributed by atoms with van der Waals surface area (Å²) in [7, 11) is 1.72. The molecule has 2 aromatic carbocycles. The summed E-state index contributed by atoms with van der Waals surface area (Å²) >= 11 is 0. The van der Waals surface area contributed by atoms with Crippen molar-refractivity contribution in [2.75, 3.05) is 44.7 Å². The molecule has 2 heterocycles. The maximum atomic E-state index is 5.53. The lowest BCUT2D eigenvalue weighted by atomic mass is 10.1. The summed E-state index contributed by atoms with van der Waals surface area (Å²) in [5.41, 5.74) is 3.30. The third kappa shape index (κ3) is 5.70. The van der Waals surface area contributed by atoms with Gasteiger partial charge in [0.05, 0.1) is 19.3 Å². The van der Waals surface area contributed by atoms with Gasteiger partial charge in [-0.15, -0.1) is 24.0 Å². The van der Waals surface area contributed by atoms with Crippen LogP contribution >= 0.6 is 24.0 Å². The number of guanidine groups is 1. The van der Waals surface area contributed by atoms with Crippen LogP contribution in [0.1, 0.15) is 12.5 Å². The van der Waals surface area contributed by atoms with Crippen LogP contribution in [0.4, 0.5) is 5.69 Å². The topological polar surface area (TPSA) is 81.7 Å². The molecule has 0 bridgehead atoms. The van der Waals surface area contributed by atoms with Gasteiger partial charge >= 0.3 is 0 Å². The van der Waals surface area contributed by atoms with E-state index in [0.717, 1.165) is 67.1 Å². The fourth-order valence-electron chi connectivity index (χ4n) is 3.80. The highest BCUT2D eigenvalue weighted by atomic mass is 127. The van der Waals surface area contributed by atoms with Gasteiger partial charge < -0.3 is 19.9 Å². The molecule has 32 heavy (non-hydrogen) atoms. The van der Waals surface area contributed by atoms with E-state index < -0.39 is 0 Å². The first-order valence-electron chi connectivity index (χ1n) is 10.6. The fourth-order valence-corrected chi connectivity index (χ4v) is 3.80. The molecule has 0 amide bonds. The molecular formula is C23H30IN7O. The summed E-state index contributed by atoms with van der Waals surface area (Å²) in [6.45, 7) is 7.20. The molecule has 3 aromatic rings. The molecular weight excluding hydrogens is 517 g/mol. The Hall–Kier alpha value is -2.82. The van der Waals surface area contributed by atoms with Gasteiger partial charge in [-0.25, -0.2) is 9.98 Å². The minimum absolute atomic E-state index is 0. The summed E-state index contributed by atoms with van der Waals surface area (Å²) in [6, 6.07) is 16.4. The number of anilines is 1. The second-order valence-electron chi connectivity index (χ2n) is 7.35. The van der Waals surface area contributed by atoms with Crippen LogP contribution in [0.5, 0.6) is 5.75 Å². The molecule has 1 aliphatic heterocycles. The van der Waals surface area contributed by atoms with Crippen LogP contribution in [0.15, 0.2) is 59.9 Å². The standard InChI is InChI=1S/C23H29N7O.HI/c1-3-24-23(25-16-18-7-6-8-19(15-18)22-26-17-27-28-22)30-13-11-29(12-14-30)20-9-4-5-10-21(20)31-2;/h4-10,15,17H,3,11-14,16H2,1-2H3,(H,24,25)(H,26,27,28);1H. The number of benzene rings is 2. The average Bonchev–Trinajstić information content (AvgIpc) is 3.37. The highest BCUT2D eigenvalue weighted by Gasteiger charge is 2.21. The summed E-state index contributed by atoms with van der Waals surface area (Å²) in [5.74, 6) is 2.64. The molecule has 0 spiro atoms. The van der Waals surface area contributed by atoms with E-state index in [2.05, 4.69) is 61.5 Å². The number of halogens is 1. The highest BCUT2D eigenvalue weighted by molar-refractivity contribution is 14.0. The maximum Gasteiger partial charge on any atom is 0.194 e. The first-order valence-corrected chi connectivity index (χ1v) is 10.6. The number of hydrogen-bond acceptors (Lipinski definition) is 5. The average molecular weight is 547 g/mol. The Kier molecular flexibility index (Phi) is 8.72. The predicted octanol–water partition coefficient (Wildman–Crippen LogP) is 3.39. The van der Waals surface area contributed by atoms with Crippen molar-refractivity contribution in [1.29, 1.82) is 0 Å². The van der Waals surface area contributed by atoms with Gasteiger partial charge in [0.1, 0.15) is 12.1 Å². The lowest BCUT2D eigenvalue weighted by Crippen LogP contribution is -2.52. The van der Waals surface area contributed by atoms with Gasteiger partial charge in [0.2, 0.25) is 0 Å².